The van der Waals surface area contributed by atoms with Crippen molar-refractivity contribution in [1.29, 1.82) is 0 Å². The van der Waals surface area contributed by atoms with Crippen molar-refractivity contribution < 1.29 is 24.2 Å². The number of rotatable bonds is 6. The molecule has 0 aliphatic rings. The van der Waals surface area contributed by atoms with E-state index in [0.717, 1.165) is 0 Å². The van der Waals surface area contributed by atoms with E-state index in [0.29, 0.717) is 11.1 Å². The van der Waals surface area contributed by atoms with E-state index >= 15 is 0 Å². The number of benzene rings is 2. The second-order valence-corrected chi connectivity index (χ2v) is 5.68. The van der Waals surface area contributed by atoms with Crippen molar-refractivity contribution in [1.82, 2.24) is 10.9 Å². The quantitative estimate of drug-likeness (QED) is 0.377. The molecule has 0 aliphatic carbocycles. The lowest BCUT2D eigenvalue weighted by molar-refractivity contribution is 0.0902. The van der Waals surface area contributed by atoms with Gasteiger partial charge in [-0.05, 0) is 36.4 Å². The number of furan rings is 1. The van der Waals surface area contributed by atoms with Gasteiger partial charge in [0.05, 0.1) is 12.4 Å². The summed E-state index contributed by atoms with van der Waals surface area (Å²) in [5.41, 5.74) is 5.32. The van der Waals surface area contributed by atoms with Crippen LogP contribution in [0.25, 0.3) is 0 Å². The van der Waals surface area contributed by atoms with Gasteiger partial charge in [0, 0.05) is 11.1 Å². The topological polar surface area (TPSA) is 137 Å². The highest BCUT2D eigenvalue weighted by Crippen LogP contribution is 2.13. The fraction of sp³-hybridized carbons (Fsp3) is 0. The maximum absolute atomic E-state index is 12.0. The van der Waals surface area contributed by atoms with E-state index in [-0.39, 0.29) is 23.0 Å². The van der Waals surface area contributed by atoms with Crippen molar-refractivity contribution in [2.45, 2.75) is 0 Å². The molecule has 2 amide bonds. The first-order valence-electron chi connectivity index (χ1n) is 8.37. The summed E-state index contributed by atoms with van der Waals surface area (Å²) >= 11 is 0. The van der Waals surface area contributed by atoms with Crippen molar-refractivity contribution in [3.63, 3.8) is 0 Å². The van der Waals surface area contributed by atoms with Crippen LogP contribution in [-0.4, -0.2) is 34.5 Å². The molecule has 1 heterocycles. The molecule has 0 fully saturated rings. The van der Waals surface area contributed by atoms with Gasteiger partial charge in [-0.3, -0.25) is 9.59 Å². The molecule has 0 radical (unpaired) electrons. The number of carbonyl (C=O) groups is 2. The van der Waals surface area contributed by atoms with Crippen LogP contribution in [-0.2, 0) is 0 Å². The zero-order chi connectivity index (χ0) is 20.6. The zero-order valence-corrected chi connectivity index (χ0v) is 14.9. The van der Waals surface area contributed by atoms with Crippen LogP contribution in [0.2, 0.25) is 0 Å². The Morgan fingerprint density at radius 2 is 1.14 bits per heavy atom. The van der Waals surface area contributed by atoms with Crippen LogP contribution in [0.5, 0.6) is 11.5 Å². The molecule has 9 nitrogen and oxygen atoms in total. The molecule has 0 unspecified atom stereocenters. The molecule has 0 bridgehead atoms. The second-order valence-electron chi connectivity index (χ2n) is 5.68. The molecule has 0 saturated heterocycles. The summed E-state index contributed by atoms with van der Waals surface area (Å²) in [4.78, 5) is 24.0. The van der Waals surface area contributed by atoms with E-state index in [1.54, 1.807) is 36.4 Å². The summed E-state index contributed by atoms with van der Waals surface area (Å²) in [7, 11) is 0. The van der Waals surface area contributed by atoms with E-state index in [1.165, 1.54) is 36.7 Å². The van der Waals surface area contributed by atoms with Crippen molar-refractivity contribution in [2.75, 3.05) is 0 Å². The first-order chi connectivity index (χ1) is 14.0. The highest BCUT2D eigenvalue weighted by Gasteiger charge is 2.15. The molecule has 0 aliphatic heterocycles. The molecule has 2 aromatic carbocycles. The summed E-state index contributed by atoms with van der Waals surface area (Å²) in [6, 6.07) is 15.6. The fourth-order valence-corrected chi connectivity index (χ4v) is 2.21. The first kappa shape index (κ1) is 19.4. The number of phenols is 2. The number of carbonyl (C=O) groups excluding carboxylic acids is 2. The third-order valence-electron chi connectivity index (χ3n) is 3.67. The largest absolute Gasteiger partial charge is 0.507 e. The lowest BCUT2D eigenvalue weighted by atomic mass is 10.2. The van der Waals surface area contributed by atoms with Gasteiger partial charge in [0.25, 0.3) is 0 Å². The average Bonchev–Trinajstić information content (AvgIpc) is 3.21. The summed E-state index contributed by atoms with van der Waals surface area (Å²) < 4.78 is 5.19. The molecule has 9 heteroatoms. The average molecular weight is 392 g/mol. The molecule has 4 N–H and O–H groups in total. The number of hydrazone groups is 2. The molecule has 0 saturated carbocycles. The summed E-state index contributed by atoms with van der Waals surface area (Å²) in [5.74, 6) is -1.57. The Labute approximate surface area is 165 Å². The van der Waals surface area contributed by atoms with E-state index < -0.39 is 11.8 Å². The van der Waals surface area contributed by atoms with E-state index in [1.807, 2.05) is 0 Å². The van der Waals surface area contributed by atoms with E-state index in [2.05, 4.69) is 21.1 Å². The highest BCUT2D eigenvalue weighted by atomic mass is 16.4. The Bertz CT molecular complexity index is 1000. The molecule has 1 aromatic heterocycles. The molecule has 0 atom stereocenters. The van der Waals surface area contributed by atoms with Crippen molar-refractivity contribution in [2.24, 2.45) is 10.2 Å². The Kier molecular flexibility index (Phi) is 6.01. The van der Waals surface area contributed by atoms with Crippen molar-refractivity contribution in [3.8, 4) is 11.5 Å². The minimum Gasteiger partial charge on any atom is -0.507 e. The van der Waals surface area contributed by atoms with Gasteiger partial charge >= 0.3 is 11.8 Å². The van der Waals surface area contributed by atoms with Gasteiger partial charge in [-0.2, -0.15) is 10.2 Å². The van der Waals surface area contributed by atoms with Gasteiger partial charge < -0.3 is 14.6 Å². The monoisotopic (exact) mass is 392 g/mol. The first-order valence-corrected chi connectivity index (χ1v) is 8.37. The maximum atomic E-state index is 12.0. The summed E-state index contributed by atoms with van der Waals surface area (Å²) in [6.45, 7) is 0. The minimum absolute atomic E-state index is 0.0202. The third kappa shape index (κ3) is 5.07. The predicted molar refractivity (Wildman–Crippen MR) is 105 cm³/mol. The summed E-state index contributed by atoms with van der Waals surface area (Å²) in [5, 5.41) is 26.7. The van der Waals surface area contributed by atoms with Crippen molar-refractivity contribution >= 4 is 24.2 Å². The van der Waals surface area contributed by atoms with Crippen LogP contribution >= 0.6 is 0 Å². The lowest BCUT2D eigenvalue weighted by Gasteiger charge is -1.99. The molecule has 3 rings (SSSR count). The van der Waals surface area contributed by atoms with Gasteiger partial charge in [0.15, 0.2) is 11.5 Å². The Morgan fingerprint density at radius 3 is 1.55 bits per heavy atom. The van der Waals surface area contributed by atoms with Gasteiger partial charge in [0.2, 0.25) is 0 Å². The zero-order valence-electron chi connectivity index (χ0n) is 14.9. The second kappa shape index (κ2) is 9.00. The lowest BCUT2D eigenvalue weighted by Crippen LogP contribution is -2.18. The molecule has 146 valence electrons. The van der Waals surface area contributed by atoms with Crippen LogP contribution < -0.4 is 10.9 Å². The number of aromatic hydroxyl groups is 2. The number of hydrogen-bond donors (Lipinski definition) is 4. The number of para-hydroxylation sites is 2. The van der Waals surface area contributed by atoms with Gasteiger partial charge in [-0.25, -0.2) is 10.9 Å². The van der Waals surface area contributed by atoms with Crippen LogP contribution in [0.1, 0.15) is 32.2 Å². The van der Waals surface area contributed by atoms with Crippen molar-refractivity contribution in [3.05, 3.63) is 83.3 Å². The Hall–Kier alpha value is -4.40. The van der Waals surface area contributed by atoms with Crippen LogP contribution in [0.4, 0.5) is 0 Å². The molecular formula is C20H16N4O5. The Balaban J connectivity index is 1.56. The third-order valence-corrected chi connectivity index (χ3v) is 3.67. The smallest absolute Gasteiger partial charge is 0.307 e. The van der Waals surface area contributed by atoms with Gasteiger partial charge in [0.1, 0.15) is 11.5 Å². The van der Waals surface area contributed by atoms with Gasteiger partial charge in [-0.1, -0.05) is 24.3 Å². The fourth-order valence-electron chi connectivity index (χ4n) is 2.21. The van der Waals surface area contributed by atoms with E-state index in [4.69, 9.17) is 4.42 Å². The Morgan fingerprint density at radius 1 is 0.724 bits per heavy atom. The summed E-state index contributed by atoms with van der Waals surface area (Å²) in [6.07, 6.45) is 2.55. The predicted octanol–water partition coefficient (Wildman–Crippen LogP) is 2.22. The molecule has 3 aromatic rings. The number of nitrogens with zero attached hydrogens (tertiary/aromatic N) is 2. The molecular weight excluding hydrogens is 376 g/mol. The number of nitrogens with one attached hydrogen (secondary N) is 2. The highest BCUT2D eigenvalue weighted by molar-refractivity contribution is 5.96. The van der Waals surface area contributed by atoms with E-state index in [9.17, 15) is 19.8 Å². The van der Waals surface area contributed by atoms with Crippen LogP contribution in [0.3, 0.4) is 0 Å². The SMILES string of the molecule is O=C(NN=Cc1ccccc1O)c1ccc(C(=O)NN=Cc2ccccc2O)o1. The van der Waals surface area contributed by atoms with Gasteiger partial charge in [-0.15, -0.1) is 0 Å². The number of amides is 2. The standard InChI is InChI=1S/C20H16N4O5/c25-15-7-3-1-5-13(15)11-21-23-19(27)17-9-10-18(29-17)20(28)24-22-12-14-6-2-4-8-16(14)26/h1-12,25-26H,(H,23,27)(H,24,28). The molecule has 0 spiro atoms. The normalized spacial score (nSPS) is 11.0. The number of phenolic OH excluding ortho intramolecular Hbond substituents is 2. The number of hydrogen-bond acceptors (Lipinski definition) is 7. The minimum atomic E-state index is -0.673. The molecule has 29 heavy (non-hydrogen) atoms. The van der Waals surface area contributed by atoms with Crippen LogP contribution in [0.15, 0.2) is 75.3 Å². The maximum Gasteiger partial charge on any atom is 0.307 e. The van der Waals surface area contributed by atoms with Crippen LogP contribution in [0, 0.1) is 0 Å².